The van der Waals surface area contributed by atoms with Crippen molar-refractivity contribution < 1.29 is 14.3 Å². The van der Waals surface area contributed by atoms with E-state index in [1.807, 2.05) is 71.1 Å². The number of carbonyl (C=O) groups excluding carboxylic acids is 1. The van der Waals surface area contributed by atoms with E-state index in [9.17, 15) is 4.79 Å². The molecule has 0 bridgehead atoms. The third-order valence-electron chi connectivity index (χ3n) is 5.73. The molecular formula is C26H29N7O3. The van der Waals surface area contributed by atoms with Crippen LogP contribution < -0.4 is 10.1 Å². The standard InChI is InChI=1S/C26H29N7O3/c1-16-12-18(6-7-22(16)35-19-8-11-33-23(13-19)29-17(2)31-33)30-24-20-14-32(25(34)36-26(3,4)5)10-9-21(20)27-15-28-24/h6-8,11-13,15H,9-10,14H2,1-5H3,(H,27,28,30). The van der Waals surface area contributed by atoms with Gasteiger partial charge in [0.1, 0.15) is 35.1 Å². The van der Waals surface area contributed by atoms with Crippen molar-refractivity contribution >= 4 is 23.2 Å². The van der Waals surface area contributed by atoms with Gasteiger partial charge in [0.25, 0.3) is 0 Å². The molecule has 1 aromatic carbocycles. The number of nitrogens with one attached hydrogen (secondary N) is 1. The van der Waals surface area contributed by atoms with Crippen LogP contribution >= 0.6 is 0 Å². The second kappa shape index (κ2) is 9.10. The summed E-state index contributed by atoms with van der Waals surface area (Å²) in [7, 11) is 0. The maximum Gasteiger partial charge on any atom is 0.410 e. The quantitative estimate of drug-likeness (QED) is 0.430. The molecular weight excluding hydrogens is 458 g/mol. The summed E-state index contributed by atoms with van der Waals surface area (Å²) >= 11 is 0. The van der Waals surface area contributed by atoms with Crippen molar-refractivity contribution in [3.8, 4) is 11.5 Å². The molecule has 1 aliphatic heterocycles. The fraction of sp³-hybridized carbons (Fsp3) is 0.346. The van der Waals surface area contributed by atoms with E-state index in [0.29, 0.717) is 36.9 Å². The largest absolute Gasteiger partial charge is 0.457 e. The summed E-state index contributed by atoms with van der Waals surface area (Å²) in [5, 5.41) is 7.68. The van der Waals surface area contributed by atoms with Crippen LogP contribution in [0.25, 0.3) is 5.65 Å². The van der Waals surface area contributed by atoms with Crippen LogP contribution in [0.5, 0.6) is 11.5 Å². The van der Waals surface area contributed by atoms with E-state index in [1.165, 1.54) is 0 Å². The monoisotopic (exact) mass is 487 g/mol. The Balaban J connectivity index is 1.32. The number of aryl methyl sites for hydroxylation is 2. The van der Waals surface area contributed by atoms with Gasteiger partial charge in [0, 0.05) is 36.5 Å². The first kappa shape index (κ1) is 23.5. The number of carbonyl (C=O) groups is 1. The zero-order valence-corrected chi connectivity index (χ0v) is 21.1. The van der Waals surface area contributed by atoms with Gasteiger partial charge in [-0.2, -0.15) is 5.10 Å². The Labute approximate surface area is 209 Å². The number of aromatic nitrogens is 5. The van der Waals surface area contributed by atoms with Gasteiger partial charge in [-0.05, 0) is 64.4 Å². The van der Waals surface area contributed by atoms with Crippen LogP contribution in [0.4, 0.5) is 16.3 Å². The molecule has 0 saturated carbocycles. The molecule has 0 unspecified atom stereocenters. The Bertz CT molecular complexity index is 1440. The average molecular weight is 488 g/mol. The smallest absolute Gasteiger partial charge is 0.410 e. The minimum Gasteiger partial charge on any atom is -0.457 e. The van der Waals surface area contributed by atoms with Crippen molar-refractivity contribution in [1.82, 2.24) is 29.5 Å². The molecule has 10 heteroatoms. The fourth-order valence-corrected chi connectivity index (χ4v) is 4.07. The number of pyridine rings is 1. The minimum absolute atomic E-state index is 0.334. The number of nitrogens with zero attached hydrogens (tertiary/aromatic N) is 6. The molecule has 1 N–H and O–H groups in total. The van der Waals surface area contributed by atoms with Gasteiger partial charge in [-0.1, -0.05) is 0 Å². The van der Waals surface area contributed by atoms with Crippen LogP contribution in [0.1, 0.15) is 43.4 Å². The summed E-state index contributed by atoms with van der Waals surface area (Å²) in [6.45, 7) is 10.4. The molecule has 3 aromatic heterocycles. The molecule has 0 atom stereocenters. The summed E-state index contributed by atoms with van der Waals surface area (Å²) < 4.78 is 13.4. The Hall–Kier alpha value is -4.21. The SMILES string of the molecule is Cc1nc2cc(Oc3ccc(Nc4ncnc5c4CN(C(=O)OC(C)(C)C)CC5)cc3C)ccn2n1. The van der Waals surface area contributed by atoms with Crippen molar-refractivity contribution in [2.75, 3.05) is 11.9 Å². The second-order valence-corrected chi connectivity index (χ2v) is 9.83. The van der Waals surface area contributed by atoms with Gasteiger partial charge in [0.05, 0.1) is 12.2 Å². The van der Waals surface area contributed by atoms with Crippen LogP contribution in [0.2, 0.25) is 0 Å². The third-order valence-corrected chi connectivity index (χ3v) is 5.73. The number of amides is 1. The highest BCUT2D eigenvalue weighted by molar-refractivity contribution is 5.70. The first-order chi connectivity index (χ1) is 17.1. The molecule has 10 nitrogen and oxygen atoms in total. The van der Waals surface area contributed by atoms with E-state index in [-0.39, 0.29) is 6.09 Å². The molecule has 4 aromatic rings. The number of fused-ring (bicyclic) bond motifs is 2. The van der Waals surface area contributed by atoms with Gasteiger partial charge in [0.2, 0.25) is 0 Å². The molecule has 0 spiro atoms. The first-order valence-electron chi connectivity index (χ1n) is 11.8. The van der Waals surface area contributed by atoms with Gasteiger partial charge in [-0.3, -0.25) is 0 Å². The lowest BCUT2D eigenvalue weighted by atomic mass is 10.1. The highest BCUT2D eigenvalue weighted by Gasteiger charge is 2.28. The molecule has 4 heterocycles. The first-order valence-corrected chi connectivity index (χ1v) is 11.8. The van der Waals surface area contributed by atoms with Crippen LogP contribution in [-0.2, 0) is 17.7 Å². The maximum absolute atomic E-state index is 12.6. The number of rotatable bonds is 4. The van der Waals surface area contributed by atoms with Crippen molar-refractivity contribution in [2.24, 2.45) is 0 Å². The zero-order chi connectivity index (χ0) is 25.4. The molecule has 0 saturated heterocycles. The number of anilines is 2. The summed E-state index contributed by atoms with van der Waals surface area (Å²) in [5.74, 6) is 2.81. The lowest BCUT2D eigenvalue weighted by Crippen LogP contribution is -2.40. The molecule has 0 radical (unpaired) electrons. The Morgan fingerprint density at radius 3 is 2.72 bits per heavy atom. The Morgan fingerprint density at radius 2 is 1.94 bits per heavy atom. The van der Waals surface area contributed by atoms with Crippen molar-refractivity contribution in [1.29, 1.82) is 0 Å². The van der Waals surface area contributed by atoms with E-state index in [0.717, 1.165) is 33.9 Å². The second-order valence-electron chi connectivity index (χ2n) is 9.83. The molecule has 186 valence electrons. The predicted molar refractivity (Wildman–Crippen MR) is 135 cm³/mol. The van der Waals surface area contributed by atoms with Gasteiger partial charge >= 0.3 is 6.09 Å². The van der Waals surface area contributed by atoms with Crippen molar-refractivity contribution in [3.63, 3.8) is 0 Å². The topological polar surface area (TPSA) is 107 Å². The summed E-state index contributed by atoms with van der Waals surface area (Å²) in [4.78, 5) is 27.6. The van der Waals surface area contributed by atoms with Crippen LogP contribution in [0.15, 0.2) is 42.9 Å². The van der Waals surface area contributed by atoms with Gasteiger partial charge in [-0.25, -0.2) is 24.3 Å². The van der Waals surface area contributed by atoms with E-state index >= 15 is 0 Å². The highest BCUT2D eigenvalue weighted by Crippen LogP contribution is 2.31. The van der Waals surface area contributed by atoms with E-state index in [1.54, 1.807) is 15.7 Å². The highest BCUT2D eigenvalue weighted by atomic mass is 16.6. The molecule has 0 fully saturated rings. The predicted octanol–water partition coefficient (Wildman–Crippen LogP) is 4.97. The van der Waals surface area contributed by atoms with Crippen LogP contribution in [0.3, 0.4) is 0 Å². The number of benzene rings is 1. The van der Waals surface area contributed by atoms with Crippen molar-refractivity contribution in [2.45, 2.75) is 53.2 Å². The Morgan fingerprint density at radius 1 is 1.11 bits per heavy atom. The summed E-state index contributed by atoms with van der Waals surface area (Å²) in [6.07, 6.45) is 3.69. The van der Waals surface area contributed by atoms with Crippen LogP contribution in [0, 0.1) is 13.8 Å². The van der Waals surface area contributed by atoms with E-state index in [2.05, 4.69) is 25.4 Å². The molecule has 1 amide bonds. The van der Waals surface area contributed by atoms with E-state index < -0.39 is 5.60 Å². The van der Waals surface area contributed by atoms with Gasteiger partial charge in [0.15, 0.2) is 5.65 Å². The molecule has 36 heavy (non-hydrogen) atoms. The lowest BCUT2D eigenvalue weighted by molar-refractivity contribution is 0.0223. The summed E-state index contributed by atoms with van der Waals surface area (Å²) in [5.41, 5.74) is 3.82. The Kier molecular flexibility index (Phi) is 5.95. The number of ether oxygens (including phenoxy) is 2. The fourth-order valence-electron chi connectivity index (χ4n) is 4.07. The van der Waals surface area contributed by atoms with Gasteiger partial charge in [-0.15, -0.1) is 0 Å². The summed E-state index contributed by atoms with van der Waals surface area (Å²) in [6, 6.07) is 9.56. The van der Waals surface area contributed by atoms with Crippen LogP contribution in [-0.4, -0.2) is 47.7 Å². The van der Waals surface area contributed by atoms with Crippen molar-refractivity contribution in [3.05, 3.63) is 65.5 Å². The zero-order valence-electron chi connectivity index (χ0n) is 21.1. The normalized spacial score (nSPS) is 13.4. The van der Waals surface area contributed by atoms with E-state index in [4.69, 9.17) is 9.47 Å². The molecule has 0 aliphatic carbocycles. The minimum atomic E-state index is -0.549. The number of hydrogen-bond acceptors (Lipinski definition) is 8. The maximum atomic E-state index is 12.6. The third kappa shape index (κ3) is 5.07. The average Bonchev–Trinajstić information content (AvgIpc) is 3.19. The lowest BCUT2D eigenvalue weighted by Gasteiger charge is -2.31. The number of hydrogen-bond donors (Lipinski definition) is 1. The molecule has 5 rings (SSSR count). The van der Waals surface area contributed by atoms with Gasteiger partial charge < -0.3 is 19.7 Å². The molecule has 1 aliphatic rings.